The van der Waals surface area contributed by atoms with Gasteiger partial charge in [0.25, 0.3) is 0 Å². The highest BCUT2D eigenvalue weighted by atomic mass is 32.2. The fourth-order valence-electron chi connectivity index (χ4n) is 2.91. The van der Waals surface area contributed by atoms with Crippen molar-refractivity contribution in [2.75, 3.05) is 12.4 Å². The Labute approximate surface area is 190 Å². The number of hydrogen-bond acceptors (Lipinski definition) is 9. The Kier molecular flexibility index (Phi) is 6.86. The summed E-state index contributed by atoms with van der Waals surface area (Å²) in [6.07, 6.45) is 2.10. The normalized spacial score (nSPS) is 12.2. The van der Waals surface area contributed by atoms with E-state index in [-0.39, 0.29) is 17.0 Å². The molecule has 4 aromatic rings. The van der Waals surface area contributed by atoms with Crippen LogP contribution in [0.15, 0.2) is 41.0 Å². The lowest BCUT2D eigenvalue weighted by Gasteiger charge is -2.14. The standard InChI is InChI=1S/C20H18FN5O2S3/c1-3-14(17(27)24-20-26-25-15(31-20)8-28-2)30-19-16-13(9-29-18(16)22-10-23-19)11-4-6-12(21)7-5-11/h4-7,9-10,14H,3,8H2,1-2H3,(H,24,26,27). The second-order valence-corrected chi connectivity index (χ2v) is 9.56. The SMILES string of the molecule is CCC(Sc1ncnc2scc(-c3ccc(F)cc3)c12)C(=O)Nc1nnc(COC)s1. The average molecular weight is 476 g/mol. The highest BCUT2D eigenvalue weighted by Gasteiger charge is 2.23. The Balaban J connectivity index is 1.59. The van der Waals surface area contributed by atoms with Gasteiger partial charge in [0.15, 0.2) is 0 Å². The molecule has 160 valence electrons. The van der Waals surface area contributed by atoms with E-state index in [1.54, 1.807) is 19.2 Å². The van der Waals surface area contributed by atoms with Crippen molar-refractivity contribution in [3.8, 4) is 11.1 Å². The number of halogens is 1. The zero-order valence-corrected chi connectivity index (χ0v) is 19.1. The lowest BCUT2D eigenvalue weighted by Crippen LogP contribution is -2.24. The van der Waals surface area contributed by atoms with Crippen LogP contribution in [0.3, 0.4) is 0 Å². The van der Waals surface area contributed by atoms with E-state index in [0.29, 0.717) is 28.2 Å². The molecule has 1 atom stereocenters. The summed E-state index contributed by atoms with van der Waals surface area (Å²) in [5, 5.41) is 15.1. The summed E-state index contributed by atoms with van der Waals surface area (Å²) in [7, 11) is 1.58. The Hall–Kier alpha value is -2.47. The highest BCUT2D eigenvalue weighted by Crippen LogP contribution is 2.39. The van der Waals surface area contributed by atoms with Crippen molar-refractivity contribution < 1.29 is 13.9 Å². The Morgan fingerprint density at radius 1 is 1.26 bits per heavy atom. The van der Waals surface area contributed by atoms with Gasteiger partial charge >= 0.3 is 0 Å². The van der Waals surface area contributed by atoms with E-state index in [0.717, 1.165) is 21.3 Å². The van der Waals surface area contributed by atoms with Gasteiger partial charge in [0.05, 0.1) is 10.6 Å². The molecule has 0 radical (unpaired) electrons. The van der Waals surface area contributed by atoms with E-state index in [1.807, 2.05) is 12.3 Å². The average Bonchev–Trinajstić information content (AvgIpc) is 3.40. The number of aromatic nitrogens is 4. The lowest BCUT2D eigenvalue weighted by atomic mass is 10.1. The lowest BCUT2D eigenvalue weighted by molar-refractivity contribution is -0.115. The van der Waals surface area contributed by atoms with E-state index >= 15 is 0 Å². The van der Waals surface area contributed by atoms with Crippen LogP contribution in [0.25, 0.3) is 21.3 Å². The smallest absolute Gasteiger partial charge is 0.239 e. The third-order valence-corrected chi connectivity index (χ3v) is 7.44. The minimum atomic E-state index is -0.381. The number of amides is 1. The number of methoxy groups -OCH3 is 1. The maximum atomic E-state index is 13.4. The van der Waals surface area contributed by atoms with Crippen molar-refractivity contribution in [1.82, 2.24) is 20.2 Å². The largest absolute Gasteiger partial charge is 0.377 e. The summed E-state index contributed by atoms with van der Waals surface area (Å²) >= 11 is 4.16. The number of ether oxygens (including phenoxy) is 1. The van der Waals surface area contributed by atoms with Crippen molar-refractivity contribution in [3.05, 3.63) is 46.8 Å². The van der Waals surface area contributed by atoms with Crippen molar-refractivity contribution in [3.63, 3.8) is 0 Å². The second-order valence-electron chi connectivity index (χ2n) is 6.45. The molecule has 0 bridgehead atoms. The zero-order chi connectivity index (χ0) is 21.8. The van der Waals surface area contributed by atoms with Gasteiger partial charge in [-0.3, -0.25) is 10.1 Å². The monoisotopic (exact) mass is 475 g/mol. The molecule has 1 amide bonds. The first-order valence-corrected chi connectivity index (χ1v) is 11.9. The van der Waals surface area contributed by atoms with Crippen LogP contribution >= 0.6 is 34.4 Å². The Morgan fingerprint density at radius 3 is 2.81 bits per heavy atom. The molecule has 3 aromatic heterocycles. The Morgan fingerprint density at radius 2 is 2.06 bits per heavy atom. The molecular weight excluding hydrogens is 457 g/mol. The number of benzene rings is 1. The predicted molar refractivity (Wildman–Crippen MR) is 122 cm³/mol. The summed E-state index contributed by atoms with van der Waals surface area (Å²) < 4.78 is 18.4. The third-order valence-electron chi connectivity index (χ3n) is 4.37. The maximum Gasteiger partial charge on any atom is 0.239 e. The summed E-state index contributed by atoms with van der Waals surface area (Å²) in [6, 6.07) is 6.32. The molecule has 0 fully saturated rings. The molecule has 1 aromatic carbocycles. The molecule has 0 spiro atoms. The fourth-order valence-corrected chi connectivity index (χ4v) is 5.64. The predicted octanol–water partition coefficient (Wildman–Crippen LogP) is 5.00. The number of rotatable bonds is 8. The van der Waals surface area contributed by atoms with Gasteiger partial charge in [0.1, 0.15) is 33.6 Å². The number of fused-ring (bicyclic) bond motifs is 1. The van der Waals surface area contributed by atoms with E-state index < -0.39 is 0 Å². The molecule has 1 unspecified atom stereocenters. The summed E-state index contributed by atoms with van der Waals surface area (Å²) in [6.45, 7) is 2.29. The van der Waals surface area contributed by atoms with Gasteiger partial charge < -0.3 is 4.74 Å². The first-order chi connectivity index (χ1) is 15.1. The van der Waals surface area contributed by atoms with Gasteiger partial charge in [-0.1, -0.05) is 42.2 Å². The number of thioether (sulfide) groups is 1. The number of carbonyl (C=O) groups excluding carboxylic acids is 1. The summed E-state index contributed by atoms with van der Waals surface area (Å²) in [5.74, 6) is -0.458. The van der Waals surface area contributed by atoms with Crippen LogP contribution in [0.5, 0.6) is 0 Å². The maximum absolute atomic E-state index is 13.4. The zero-order valence-electron chi connectivity index (χ0n) is 16.7. The molecule has 31 heavy (non-hydrogen) atoms. The highest BCUT2D eigenvalue weighted by molar-refractivity contribution is 8.00. The van der Waals surface area contributed by atoms with Crippen LogP contribution in [-0.4, -0.2) is 38.4 Å². The Bertz CT molecular complexity index is 1200. The van der Waals surface area contributed by atoms with Gasteiger partial charge in [-0.25, -0.2) is 14.4 Å². The number of thiophene rings is 1. The molecule has 0 saturated carbocycles. The van der Waals surface area contributed by atoms with Crippen LogP contribution in [0.2, 0.25) is 0 Å². The van der Waals surface area contributed by atoms with Gasteiger partial charge in [0.2, 0.25) is 11.0 Å². The van der Waals surface area contributed by atoms with Crippen molar-refractivity contribution in [2.24, 2.45) is 0 Å². The summed E-state index contributed by atoms with van der Waals surface area (Å²) in [5.41, 5.74) is 1.80. The van der Waals surface area contributed by atoms with Crippen LogP contribution < -0.4 is 5.32 Å². The van der Waals surface area contributed by atoms with Crippen molar-refractivity contribution >= 4 is 55.7 Å². The quantitative estimate of drug-likeness (QED) is 0.283. The topological polar surface area (TPSA) is 89.9 Å². The van der Waals surface area contributed by atoms with E-state index in [4.69, 9.17) is 4.74 Å². The van der Waals surface area contributed by atoms with E-state index in [9.17, 15) is 9.18 Å². The molecule has 0 saturated heterocycles. The molecule has 1 N–H and O–H groups in total. The first-order valence-electron chi connectivity index (χ1n) is 9.36. The minimum Gasteiger partial charge on any atom is -0.377 e. The molecule has 0 aliphatic heterocycles. The van der Waals surface area contributed by atoms with Gasteiger partial charge in [-0.15, -0.1) is 21.5 Å². The molecule has 0 aliphatic carbocycles. The first kappa shape index (κ1) is 21.8. The summed E-state index contributed by atoms with van der Waals surface area (Å²) in [4.78, 5) is 22.5. The molecule has 4 rings (SSSR count). The van der Waals surface area contributed by atoms with E-state index in [1.165, 1.54) is 52.9 Å². The van der Waals surface area contributed by atoms with Crippen LogP contribution in [-0.2, 0) is 16.1 Å². The number of hydrogen-bond donors (Lipinski definition) is 1. The van der Waals surface area contributed by atoms with Crippen LogP contribution in [0.1, 0.15) is 18.4 Å². The minimum absolute atomic E-state index is 0.169. The van der Waals surface area contributed by atoms with E-state index in [2.05, 4.69) is 25.5 Å². The van der Waals surface area contributed by atoms with Crippen molar-refractivity contribution in [1.29, 1.82) is 0 Å². The third kappa shape index (κ3) is 4.90. The number of nitrogens with zero attached hydrogens (tertiary/aromatic N) is 4. The van der Waals surface area contributed by atoms with Gasteiger partial charge in [-0.2, -0.15) is 0 Å². The van der Waals surface area contributed by atoms with Crippen LogP contribution in [0, 0.1) is 5.82 Å². The second kappa shape index (κ2) is 9.77. The number of anilines is 1. The van der Waals surface area contributed by atoms with Crippen LogP contribution in [0.4, 0.5) is 9.52 Å². The molecule has 3 heterocycles. The van der Waals surface area contributed by atoms with Gasteiger partial charge in [0, 0.05) is 18.1 Å². The van der Waals surface area contributed by atoms with Gasteiger partial charge in [-0.05, 0) is 24.1 Å². The van der Waals surface area contributed by atoms with Crippen molar-refractivity contribution in [2.45, 2.75) is 30.2 Å². The number of nitrogens with one attached hydrogen (secondary N) is 1. The number of carbonyl (C=O) groups is 1. The molecule has 0 aliphatic rings. The molecule has 7 nitrogen and oxygen atoms in total. The molecule has 11 heteroatoms. The molecular formula is C20H18FN5O2S3. The fraction of sp³-hybridized carbons (Fsp3) is 0.250.